The maximum atomic E-state index is 12.4. The fourth-order valence-corrected chi connectivity index (χ4v) is 6.86. The first kappa shape index (κ1) is 17.0. The Kier molecular flexibility index (Phi) is 3.74. The summed E-state index contributed by atoms with van der Waals surface area (Å²) in [6.45, 7) is 4.50. The summed E-state index contributed by atoms with van der Waals surface area (Å²) >= 11 is 1.68. The van der Waals surface area contributed by atoms with Crippen LogP contribution in [0.25, 0.3) is 0 Å². The number of hydrogen-bond donors (Lipinski definition) is 2. The molecule has 0 aromatic rings. The number of rotatable bonds is 4. The van der Waals surface area contributed by atoms with Gasteiger partial charge in [0.2, 0.25) is 0 Å². The average Bonchev–Trinajstić information content (AvgIpc) is 2.99. The zero-order valence-electron chi connectivity index (χ0n) is 14.9. The van der Waals surface area contributed by atoms with Gasteiger partial charge in [-0.15, -0.1) is 11.8 Å². The molecule has 1 amide bonds. The normalized spacial score (nSPS) is 44.8. The van der Waals surface area contributed by atoms with Crippen LogP contribution < -0.4 is 5.73 Å². The summed E-state index contributed by atoms with van der Waals surface area (Å²) in [4.78, 5) is 29.1. The van der Waals surface area contributed by atoms with Crippen LogP contribution in [0.1, 0.15) is 32.6 Å². The van der Waals surface area contributed by atoms with E-state index in [1.807, 2.05) is 6.92 Å². The van der Waals surface area contributed by atoms with Crippen LogP contribution >= 0.6 is 11.8 Å². The highest BCUT2D eigenvalue weighted by atomic mass is 32.2. The molecule has 26 heavy (non-hydrogen) atoms. The summed E-state index contributed by atoms with van der Waals surface area (Å²) in [7, 11) is 0. The number of carboxylic acid groups (broad SMARTS) is 1. The van der Waals surface area contributed by atoms with E-state index in [4.69, 9.17) is 10.5 Å². The number of carboxylic acids is 1. The van der Waals surface area contributed by atoms with Crippen LogP contribution in [0.15, 0.2) is 10.6 Å². The first-order chi connectivity index (χ1) is 12.4. The zero-order chi connectivity index (χ0) is 18.2. The summed E-state index contributed by atoms with van der Waals surface area (Å²) in [5.41, 5.74) is 5.53. The van der Waals surface area contributed by atoms with Crippen LogP contribution in [0.2, 0.25) is 0 Å². The minimum absolute atomic E-state index is 0.0280. The number of fused-ring (bicyclic) bond motifs is 2. The number of β-lactam (4-membered cyclic amide) rings is 1. The number of aliphatic carboxylic acids is 1. The Labute approximate surface area is 156 Å². The first-order valence-electron chi connectivity index (χ1n) is 9.53. The highest BCUT2D eigenvalue weighted by Crippen LogP contribution is 2.58. The molecule has 3 N–H and O–H groups in total. The lowest BCUT2D eigenvalue weighted by atomic mass is 9.82. The summed E-state index contributed by atoms with van der Waals surface area (Å²) in [6, 6.07) is 0.773. The Morgan fingerprint density at radius 1 is 1.38 bits per heavy atom. The molecular weight excluding hydrogens is 354 g/mol. The van der Waals surface area contributed by atoms with E-state index in [1.54, 1.807) is 11.8 Å². The molecule has 4 heterocycles. The van der Waals surface area contributed by atoms with E-state index in [1.165, 1.54) is 11.3 Å². The second-order valence-electron chi connectivity index (χ2n) is 8.36. The topological polar surface area (TPSA) is 99.4 Å². The molecule has 8 heteroatoms. The Balaban J connectivity index is 1.32. The van der Waals surface area contributed by atoms with Gasteiger partial charge in [0.15, 0.2) is 5.60 Å². The monoisotopic (exact) mass is 379 g/mol. The molecule has 5 aliphatic rings. The average molecular weight is 379 g/mol. The van der Waals surface area contributed by atoms with Crippen molar-refractivity contribution in [2.45, 2.75) is 61.6 Å². The van der Waals surface area contributed by atoms with Gasteiger partial charge < -0.3 is 15.6 Å². The number of nitrogens with zero attached hydrogens (tertiary/aromatic N) is 2. The first-order valence-corrected chi connectivity index (χ1v) is 10.4. The summed E-state index contributed by atoms with van der Waals surface area (Å²) in [5.74, 6) is -1.14. The van der Waals surface area contributed by atoms with Gasteiger partial charge in [0.1, 0.15) is 5.70 Å². The smallest absolute Gasteiger partial charge is 0.353 e. The molecule has 6 unspecified atom stereocenters. The van der Waals surface area contributed by atoms with Gasteiger partial charge in [-0.1, -0.05) is 6.92 Å². The molecule has 0 aromatic carbocycles. The number of amides is 1. The van der Waals surface area contributed by atoms with Crippen LogP contribution in [-0.2, 0) is 14.3 Å². The van der Waals surface area contributed by atoms with E-state index >= 15 is 0 Å². The largest absolute Gasteiger partial charge is 0.477 e. The van der Waals surface area contributed by atoms with Gasteiger partial charge in [-0.2, -0.15) is 0 Å². The molecule has 1 aliphatic carbocycles. The standard InChI is InChI=1S/C18H25N3O4S/c1-9-14(13(16(22)23)21-15(9)18(8-25-18)17(21)24)26-12-4-5-20(7-12)11-3-2-10(19)6-11/h9-12,15H,2-8,19H2,1H3,(H,22,23). The van der Waals surface area contributed by atoms with Gasteiger partial charge >= 0.3 is 5.97 Å². The molecule has 3 saturated heterocycles. The van der Waals surface area contributed by atoms with Crippen molar-refractivity contribution in [3.8, 4) is 0 Å². The number of carbonyl (C=O) groups is 2. The third-order valence-electron chi connectivity index (χ3n) is 6.79. The van der Waals surface area contributed by atoms with Crippen molar-refractivity contribution >= 4 is 23.6 Å². The third-order valence-corrected chi connectivity index (χ3v) is 8.33. The molecule has 5 rings (SSSR count). The molecule has 142 valence electrons. The molecule has 0 aromatic heterocycles. The summed E-state index contributed by atoms with van der Waals surface area (Å²) in [6.07, 6.45) is 4.40. The van der Waals surface area contributed by atoms with E-state index in [0.29, 0.717) is 23.9 Å². The van der Waals surface area contributed by atoms with E-state index in [0.717, 1.165) is 37.3 Å². The lowest BCUT2D eigenvalue weighted by Gasteiger charge is -2.43. The predicted molar refractivity (Wildman–Crippen MR) is 96.3 cm³/mol. The van der Waals surface area contributed by atoms with E-state index < -0.39 is 11.6 Å². The van der Waals surface area contributed by atoms with Gasteiger partial charge in [0, 0.05) is 34.7 Å². The van der Waals surface area contributed by atoms with Crippen molar-refractivity contribution in [3.63, 3.8) is 0 Å². The molecule has 0 bridgehead atoms. The number of carbonyl (C=O) groups excluding carboxylic acids is 1. The van der Waals surface area contributed by atoms with Crippen LogP contribution in [0.3, 0.4) is 0 Å². The van der Waals surface area contributed by atoms with Crippen molar-refractivity contribution in [2.24, 2.45) is 11.7 Å². The SMILES string of the molecule is CC1C(SC2CCN(C3CCC(N)C3)C2)=C(C(=O)O)N2C(=O)C3(CO3)C12. The number of likely N-dealkylation sites (tertiary alicyclic amines) is 1. The lowest BCUT2D eigenvalue weighted by molar-refractivity contribution is -0.158. The quantitative estimate of drug-likeness (QED) is 0.545. The van der Waals surface area contributed by atoms with Crippen LogP contribution in [0, 0.1) is 5.92 Å². The molecule has 7 nitrogen and oxygen atoms in total. The highest BCUT2D eigenvalue weighted by molar-refractivity contribution is 8.03. The fraction of sp³-hybridized carbons (Fsp3) is 0.778. The molecule has 6 atom stereocenters. The number of nitrogens with two attached hydrogens (primary N) is 1. The molecule has 1 spiro atoms. The summed E-state index contributed by atoms with van der Waals surface area (Å²) in [5, 5.41) is 10.1. The van der Waals surface area contributed by atoms with Crippen molar-refractivity contribution in [2.75, 3.05) is 19.7 Å². The minimum Gasteiger partial charge on any atom is -0.477 e. The van der Waals surface area contributed by atoms with Crippen LogP contribution in [0.4, 0.5) is 0 Å². The minimum atomic E-state index is -0.998. The number of ether oxygens (including phenoxy) is 1. The molecule has 4 fully saturated rings. The maximum Gasteiger partial charge on any atom is 0.353 e. The van der Waals surface area contributed by atoms with Gasteiger partial charge in [-0.25, -0.2) is 4.79 Å². The van der Waals surface area contributed by atoms with E-state index in [2.05, 4.69) is 4.90 Å². The van der Waals surface area contributed by atoms with Crippen LogP contribution in [-0.4, -0.2) is 75.5 Å². The molecular formula is C18H25N3O4S. The number of thioether (sulfide) groups is 1. The van der Waals surface area contributed by atoms with Crippen LogP contribution in [0.5, 0.6) is 0 Å². The van der Waals surface area contributed by atoms with Gasteiger partial charge in [-0.3, -0.25) is 14.6 Å². The highest BCUT2D eigenvalue weighted by Gasteiger charge is 2.76. The second-order valence-corrected chi connectivity index (χ2v) is 9.70. The molecule has 1 saturated carbocycles. The van der Waals surface area contributed by atoms with Gasteiger partial charge in [-0.05, 0) is 32.2 Å². The van der Waals surface area contributed by atoms with Crippen molar-refractivity contribution in [1.29, 1.82) is 0 Å². The Bertz CT molecular complexity index is 707. The maximum absolute atomic E-state index is 12.4. The predicted octanol–water partition coefficient (Wildman–Crippen LogP) is 0.599. The molecule has 4 aliphatic heterocycles. The zero-order valence-corrected chi connectivity index (χ0v) is 15.7. The van der Waals surface area contributed by atoms with Crippen molar-refractivity contribution in [3.05, 3.63) is 10.6 Å². The number of hydrogen-bond acceptors (Lipinski definition) is 6. The van der Waals surface area contributed by atoms with Crippen molar-refractivity contribution < 1.29 is 19.4 Å². The van der Waals surface area contributed by atoms with E-state index in [-0.39, 0.29) is 23.6 Å². The molecule has 0 radical (unpaired) electrons. The third kappa shape index (κ3) is 2.25. The Morgan fingerprint density at radius 2 is 2.15 bits per heavy atom. The van der Waals surface area contributed by atoms with Crippen molar-refractivity contribution in [1.82, 2.24) is 9.80 Å². The Morgan fingerprint density at radius 3 is 2.77 bits per heavy atom. The summed E-state index contributed by atoms with van der Waals surface area (Å²) < 4.78 is 5.43. The number of epoxide rings is 1. The fourth-order valence-electron chi connectivity index (χ4n) is 5.37. The lowest BCUT2D eigenvalue weighted by Crippen LogP contribution is -2.67. The second kappa shape index (κ2) is 5.70. The van der Waals surface area contributed by atoms with Gasteiger partial charge in [0.25, 0.3) is 5.91 Å². The van der Waals surface area contributed by atoms with Gasteiger partial charge in [0.05, 0.1) is 12.6 Å². The Hall–Kier alpha value is -1.09. The van der Waals surface area contributed by atoms with E-state index in [9.17, 15) is 14.7 Å².